The molecule has 2 aromatic carbocycles. The molecular formula is C28H39N3O4S. The zero-order valence-electron chi connectivity index (χ0n) is 21.7. The van der Waals surface area contributed by atoms with Crippen LogP contribution in [0.5, 0.6) is 0 Å². The average Bonchev–Trinajstić information content (AvgIpc) is 2.86. The fourth-order valence-electron chi connectivity index (χ4n) is 4.46. The van der Waals surface area contributed by atoms with E-state index < -0.39 is 16.1 Å². The van der Waals surface area contributed by atoms with Crippen molar-refractivity contribution in [2.45, 2.75) is 70.4 Å². The standard InChI is InChI=1S/C28H39N3O4S/c1-20(2)26(28(33)29-22(4)12-13-23-8-6-5-7-9-23)30-27(32)24-16-18-31(19-17-24)36(34,35)25-14-10-21(3)11-15-25/h5-11,14-15,20,22,24,26H,12-13,16-19H2,1-4H3,(H,29,33)(H,30,32)/t22?,26-/m1/s1. The minimum absolute atomic E-state index is 0.0222. The molecule has 3 rings (SSSR count). The zero-order valence-corrected chi connectivity index (χ0v) is 22.6. The lowest BCUT2D eigenvalue weighted by molar-refractivity contribution is -0.133. The van der Waals surface area contributed by atoms with Crippen LogP contribution in [-0.2, 0) is 26.0 Å². The lowest BCUT2D eigenvalue weighted by Crippen LogP contribution is -2.53. The Kier molecular flexibility index (Phi) is 9.68. The third-order valence-corrected chi connectivity index (χ3v) is 8.74. The number of aryl methyl sites for hydroxylation is 2. The van der Waals surface area contributed by atoms with Crippen molar-refractivity contribution in [3.63, 3.8) is 0 Å². The summed E-state index contributed by atoms with van der Waals surface area (Å²) in [5, 5.41) is 5.99. The molecule has 2 amide bonds. The third-order valence-electron chi connectivity index (χ3n) is 6.83. The highest BCUT2D eigenvalue weighted by Gasteiger charge is 2.34. The monoisotopic (exact) mass is 513 g/mol. The Morgan fingerprint density at radius 2 is 1.56 bits per heavy atom. The molecule has 0 aliphatic carbocycles. The first-order valence-electron chi connectivity index (χ1n) is 12.8. The molecule has 196 valence electrons. The number of carbonyl (C=O) groups is 2. The van der Waals surface area contributed by atoms with E-state index in [0.717, 1.165) is 18.4 Å². The second-order valence-electron chi connectivity index (χ2n) is 10.2. The first kappa shape index (κ1) is 27.9. The number of nitrogens with zero attached hydrogens (tertiary/aromatic N) is 1. The molecule has 7 nitrogen and oxygen atoms in total. The molecule has 0 bridgehead atoms. The third kappa shape index (κ3) is 7.40. The van der Waals surface area contributed by atoms with Crippen molar-refractivity contribution in [1.29, 1.82) is 0 Å². The van der Waals surface area contributed by atoms with Crippen LogP contribution in [0.15, 0.2) is 59.5 Å². The highest BCUT2D eigenvalue weighted by atomic mass is 32.2. The van der Waals surface area contributed by atoms with Crippen LogP contribution in [-0.4, -0.2) is 49.7 Å². The van der Waals surface area contributed by atoms with Gasteiger partial charge in [0.25, 0.3) is 0 Å². The van der Waals surface area contributed by atoms with Gasteiger partial charge >= 0.3 is 0 Å². The minimum Gasteiger partial charge on any atom is -0.352 e. The Labute approximate surface area is 215 Å². The van der Waals surface area contributed by atoms with Crippen molar-refractivity contribution in [2.75, 3.05) is 13.1 Å². The van der Waals surface area contributed by atoms with Crippen molar-refractivity contribution in [3.8, 4) is 0 Å². The van der Waals surface area contributed by atoms with Crippen molar-refractivity contribution in [2.24, 2.45) is 11.8 Å². The Morgan fingerprint density at radius 1 is 0.944 bits per heavy atom. The number of carbonyl (C=O) groups excluding carboxylic acids is 2. The van der Waals surface area contributed by atoms with Crippen LogP contribution in [0.25, 0.3) is 0 Å². The van der Waals surface area contributed by atoms with Crippen LogP contribution >= 0.6 is 0 Å². The van der Waals surface area contributed by atoms with E-state index >= 15 is 0 Å². The van der Waals surface area contributed by atoms with Crippen molar-refractivity contribution < 1.29 is 18.0 Å². The van der Waals surface area contributed by atoms with Crippen LogP contribution < -0.4 is 10.6 Å². The molecule has 1 saturated heterocycles. The molecule has 2 aromatic rings. The first-order valence-corrected chi connectivity index (χ1v) is 14.2. The average molecular weight is 514 g/mol. The summed E-state index contributed by atoms with van der Waals surface area (Å²) in [5.74, 6) is -0.761. The summed E-state index contributed by atoms with van der Waals surface area (Å²) in [6, 6.07) is 16.3. The van der Waals surface area contributed by atoms with Crippen LogP contribution in [0.3, 0.4) is 0 Å². The van der Waals surface area contributed by atoms with Gasteiger partial charge in [0.2, 0.25) is 21.8 Å². The predicted octanol–water partition coefficient (Wildman–Crippen LogP) is 3.67. The number of hydrogen-bond donors (Lipinski definition) is 2. The van der Waals surface area contributed by atoms with Crippen LogP contribution in [0, 0.1) is 18.8 Å². The summed E-state index contributed by atoms with van der Waals surface area (Å²) in [6.07, 6.45) is 2.53. The largest absolute Gasteiger partial charge is 0.352 e. The molecule has 1 aliphatic heterocycles. The maximum Gasteiger partial charge on any atom is 0.243 e. The van der Waals surface area contributed by atoms with E-state index in [-0.39, 0.29) is 47.7 Å². The SMILES string of the molecule is Cc1ccc(S(=O)(=O)N2CCC(C(=O)N[C@@H](C(=O)NC(C)CCc3ccccc3)C(C)C)CC2)cc1. The van der Waals surface area contributed by atoms with E-state index in [1.54, 1.807) is 24.3 Å². The molecule has 36 heavy (non-hydrogen) atoms. The topological polar surface area (TPSA) is 95.6 Å². The second kappa shape index (κ2) is 12.5. The van der Waals surface area contributed by atoms with Crippen LogP contribution in [0.2, 0.25) is 0 Å². The Hall–Kier alpha value is -2.71. The minimum atomic E-state index is -3.58. The van der Waals surface area contributed by atoms with Gasteiger partial charge in [-0.05, 0) is 63.1 Å². The molecule has 2 atom stereocenters. The Balaban J connectivity index is 1.51. The molecule has 1 fully saturated rings. The number of hydrogen-bond acceptors (Lipinski definition) is 4. The molecule has 0 saturated carbocycles. The van der Waals surface area contributed by atoms with Gasteiger partial charge in [0, 0.05) is 25.0 Å². The van der Waals surface area contributed by atoms with Gasteiger partial charge in [-0.15, -0.1) is 0 Å². The number of amides is 2. The van der Waals surface area contributed by atoms with Gasteiger partial charge in [0.15, 0.2) is 0 Å². The number of nitrogens with one attached hydrogen (secondary N) is 2. The normalized spacial score (nSPS) is 16.9. The molecule has 0 aromatic heterocycles. The molecule has 0 spiro atoms. The Morgan fingerprint density at radius 3 is 2.14 bits per heavy atom. The van der Waals surface area contributed by atoms with E-state index in [1.807, 2.05) is 45.9 Å². The van der Waals surface area contributed by atoms with E-state index in [9.17, 15) is 18.0 Å². The molecule has 1 unspecified atom stereocenters. The Bertz CT molecular complexity index is 1110. The van der Waals surface area contributed by atoms with Crippen molar-refractivity contribution in [1.82, 2.24) is 14.9 Å². The summed E-state index contributed by atoms with van der Waals surface area (Å²) in [6.45, 7) is 8.28. The number of rotatable bonds is 10. The molecule has 8 heteroatoms. The van der Waals surface area contributed by atoms with Gasteiger partial charge in [0.05, 0.1) is 4.90 Å². The summed E-state index contributed by atoms with van der Waals surface area (Å²) < 4.78 is 27.3. The molecule has 1 aliphatic rings. The van der Waals surface area contributed by atoms with Crippen LogP contribution in [0.4, 0.5) is 0 Å². The van der Waals surface area contributed by atoms with Gasteiger partial charge in [0.1, 0.15) is 6.04 Å². The second-order valence-corrected chi connectivity index (χ2v) is 12.1. The lowest BCUT2D eigenvalue weighted by atomic mass is 9.95. The van der Waals surface area contributed by atoms with Crippen molar-refractivity contribution >= 4 is 21.8 Å². The van der Waals surface area contributed by atoms with E-state index in [2.05, 4.69) is 22.8 Å². The van der Waals surface area contributed by atoms with Gasteiger partial charge < -0.3 is 10.6 Å². The quantitative estimate of drug-likeness (QED) is 0.507. The number of piperidine rings is 1. The fourth-order valence-corrected chi connectivity index (χ4v) is 5.93. The van der Waals surface area contributed by atoms with E-state index in [4.69, 9.17) is 0 Å². The van der Waals surface area contributed by atoms with Gasteiger partial charge in [-0.3, -0.25) is 9.59 Å². The highest BCUT2D eigenvalue weighted by molar-refractivity contribution is 7.89. The zero-order chi connectivity index (χ0) is 26.3. The molecular weight excluding hydrogens is 474 g/mol. The van der Waals surface area contributed by atoms with Gasteiger partial charge in [-0.2, -0.15) is 4.31 Å². The summed E-state index contributed by atoms with van der Waals surface area (Å²) in [7, 11) is -3.58. The highest BCUT2D eigenvalue weighted by Crippen LogP contribution is 2.24. The van der Waals surface area contributed by atoms with Crippen molar-refractivity contribution in [3.05, 3.63) is 65.7 Å². The summed E-state index contributed by atoms with van der Waals surface area (Å²) in [4.78, 5) is 26.3. The summed E-state index contributed by atoms with van der Waals surface area (Å²) in [5.41, 5.74) is 2.22. The maximum atomic E-state index is 13.0. The van der Waals surface area contributed by atoms with Crippen LogP contribution in [0.1, 0.15) is 51.2 Å². The molecule has 2 N–H and O–H groups in total. The number of benzene rings is 2. The van der Waals surface area contributed by atoms with E-state index in [0.29, 0.717) is 12.8 Å². The van der Waals surface area contributed by atoms with Gasteiger partial charge in [-0.1, -0.05) is 61.9 Å². The maximum absolute atomic E-state index is 13.0. The predicted molar refractivity (Wildman–Crippen MR) is 142 cm³/mol. The summed E-state index contributed by atoms with van der Waals surface area (Å²) >= 11 is 0. The molecule has 0 radical (unpaired) electrons. The van der Waals surface area contributed by atoms with E-state index in [1.165, 1.54) is 9.87 Å². The smallest absolute Gasteiger partial charge is 0.243 e. The first-order chi connectivity index (χ1) is 17.1. The lowest BCUT2D eigenvalue weighted by Gasteiger charge is -2.32. The molecule has 1 heterocycles. The number of sulfonamides is 1. The van der Waals surface area contributed by atoms with Gasteiger partial charge in [-0.25, -0.2) is 8.42 Å². The fraction of sp³-hybridized carbons (Fsp3) is 0.500.